The van der Waals surface area contributed by atoms with Crippen molar-refractivity contribution in [2.24, 2.45) is 0 Å². The summed E-state index contributed by atoms with van der Waals surface area (Å²) in [5.74, 6) is 0.406. The van der Waals surface area contributed by atoms with Gasteiger partial charge in [0, 0.05) is 28.2 Å². The number of nitrogens with one attached hydrogen (secondary N) is 2. The summed E-state index contributed by atoms with van der Waals surface area (Å²) in [4.78, 5) is 17.3. The van der Waals surface area contributed by atoms with Crippen molar-refractivity contribution in [1.29, 1.82) is 0 Å². The van der Waals surface area contributed by atoms with Gasteiger partial charge in [0.25, 0.3) is 0 Å². The van der Waals surface area contributed by atoms with Crippen LogP contribution in [0.5, 0.6) is 11.5 Å². The molecule has 0 radical (unpaired) electrons. The molecule has 0 aliphatic carbocycles. The predicted molar refractivity (Wildman–Crippen MR) is 102 cm³/mol. The number of ketones is 1. The Labute approximate surface area is 162 Å². The van der Waals surface area contributed by atoms with Crippen LogP contribution in [0.15, 0.2) is 48.4 Å². The third-order valence-electron chi connectivity index (χ3n) is 5.43. The number of Topliss-reactive ketones (excluding diaryl/α,β-unsaturated/α-hetero) is 1. The number of fused-ring (bicyclic) bond motifs is 2. The molecule has 3 aromatic rings. The molecule has 2 N–H and O–H groups in total. The van der Waals surface area contributed by atoms with Gasteiger partial charge >= 0.3 is 0 Å². The maximum Gasteiger partial charge on any atom is 0.231 e. The van der Waals surface area contributed by atoms with E-state index in [1.165, 1.54) is 11.0 Å². The number of ether oxygens (including phenoxy) is 2. The molecule has 1 aromatic heterocycles. The summed E-state index contributed by atoms with van der Waals surface area (Å²) in [6, 6.07) is 10.9. The van der Waals surface area contributed by atoms with E-state index < -0.39 is 0 Å². The normalized spacial score (nSPS) is 18.6. The van der Waals surface area contributed by atoms with E-state index in [0.717, 1.165) is 29.6 Å². The highest BCUT2D eigenvalue weighted by atomic mass is 16.5. The van der Waals surface area contributed by atoms with E-state index in [-0.39, 0.29) is 17.3 Å². The molecule has 2 aliphatic heterocycles. The van der Waals surface area contributed by atoms with Crippen LogP contribution in [0.4, 0.5) is 0 Å². The van der Waals surface area contributed by atoms with Crippen LogP contribution in [0.25, 0.3) is 17.0 Å². The van der Waals surface area contributed by atoms with Crippen LogP contribution in [0, 0.1) is 0 Å². The summed E-state index contributed by atoms with van der Waals surface area (Å²) < 4.78 is 11.3. The van der Waals surface area contributed by atoms with E-state index in [1.54, 1.807) is 12.1 Å². The molecule has 2 aliphatic rings. The average molecular weight is 376 g/mol. The molecule has 3 heterocycles. The lowest BCUT2D eigenvalue weighted by Crippen LogP contribution is -3.12. The molecule has 0 saturated carbocycles. The van der Waals surface area contributed by atoms with Gasteiger partial charge in [-0.05, 0) is 18.2 Å². The molecule has 6 heteroatoms. The molecule has 0 spiro atoms. The van der Waals surface area contributed by atoms with Gasteiger partial charge in [-0.2, -0.15) is 0 Å². The number of benzene rings is 2. The number of aromatic nitrogens is 1. The van der Waals surface area contributed by atoms with Crippen molar-refractivity contribution >= 4 is 22.8 Å². The van der Waals surface area contributed by atoms with Gasteiger partial charge in [-0.1, -0.05) is 30.0 Å². The molecule has 1 saturated heterocycles. The summed E-state index contributed by atoms with van der Waals surface area (Å²) in [7, 11) is 0. The van der Waals surface area contributed by atoms with Crippen molar-refractivity contribution in [2.75, 3.05) is 26.3 Å². The summed E-state index contributed by atoms with van der Waals surface area (Å²) in [5.41, 5.74) is 2.92. The predicted octanol–water partition coefficient (Wildman–Crippen LogP) is 1.27. The first-order valence-corrected chi connectivity index (χ1v) is 9.45. The van der Waals surface area contributed by atoms with Gasteiger partial charge in [0.15, 0.2) is 5.76 Å². The first kappa shape index (κ1) is 17.0. The Balaban J connectivity index is 1.50. The van der Waals surface area contributed by atoms with Crippen molar-refractivity contribution in [3.63, 3.8) is 0 Å². The van der Waals surface area contributed by atoms with Crippen LogP contribution in [-0.2, 0) is 11.3 Å². The van der Waals surface area contributed by atoms with E-state index in [1.807, 2.05) is 30.5 Å². The number of para-hydroxylation sites is 1. The van der Waals surface area contributed by atoms with E-state index in [0.29, 0.717) is 36.6 Å². The smallest absolute Gasteiger partial charge is 0.231 e. The molecule has 142 valence electrons. The summed E-state index contributed by atoms with van der Waals surface area (Å²) in [5, 5.41) is 13.5. The Morgan fingerprint density at radius 2 is 1.96 bits per heavy atom. The third-order valence-corrected chi connectivity index (χ3v) is 5.43. The van der Waals surface area contributed by atoms with Crippen molar-refractivity contribution < 1.29 is 24.3 Å². The SMILES string of the molecule is O=C1C(=Cc2c[nH]c3ccccc23)Oc2c1ccc([O-])c2C[NH+]1CCOCC1. The van der Waals surface area contributed by atoms with Gasteiger partial charge in [0.2, 0.25) is 5.78 Å². The number of carbonyl (C=O) groups is 1. The number of H-pyrrole nitrogens is 1. The van der Waals surface area contributed by atoms with Crippen molar-refractivity contribution in [2.45, 2.75) is 6.54 Å². The molecule has 1 fully saturated rings. The number of quaternary nitrogens is 1. The van der Waals surface area contributed by atoms with Crippen LogP contribution < -0.4 is 14.7 Å². The van der Waals surface area contributed by atoms with Crippen molar-refractivity contribution in [3.05, 3.63) is 65.0 Å². The minimum Gasteiger partial charge on any atom is -0.872 e. The first-order valence-electron chi connectivity index (χ1n) is 9.45. The quantitative estimate of drug-likeness (QED) is 0.675. The molecule has 0 unspecified atom stereocenters. The summed E-state index contributed by atoms with van der Waals surface area (Å²) >= 11 is 0. The average Bonchev–Trinajstić information content (AvgIpc) is 3.27. The highest BCUT2D eigenvalue weighted by Crippen LogP contribution is 2.38. The van der Waals surface area contributed by atoms with Gasteiger partial charge in [0.05, 0.1) is 18.8 Å². The van der Waals surface area contributed by atoms with Crippen LogP contribution in [0.1, 0.15) is 21.5 Å². The third kappa shape index (κ3) is 2.87. The number of carbonyl (C=O) groups excluding carboxylic acids is 1. The topological polar surface area (TPSA) is 78.8 Å². The molecule has 28 heavy (non-hydrogen) atoms. The molecule has 0 amide bonds. The Bertz CT molecular complexity index is 1090. The zero-order chi connectivity index (χ0) is 19.1. The summed E-state index contributed by atoms with van der Waals surface area (Å²) in [6.45, 7) is 3.59. The van der Waals surface area contributed by atoms with Crippen LogP contribution >= 0.6 is 0 Å². The van der Waals surface area contributed by atoms with Crippen LogP contribution in [-0.4, -0.2) is 37.1 Å². The molecule has 6 nitrogen and oxygen atoms in total. The second-order valence-electron chi connectivity index (χ2n) is 7.19. The van der Waals surface area contributed by atoms with E-state index in [4.69, 9.17) is 9.47 Å². The Kier molecular flexibility index (Phi) is 4.15. The molecule has 2 aromatic carbocycles. The number of rotatable bonds is 3. The van der Waals surface area contributed by atoms with Gasteiger partial charge in [-0.3, -0.25) is 4.79 Å². The summed E-state index contributed by atoms with van der Waals surface area (Å²) in [6.07, 6.45) is 3.60. The second-order valence-corrected chi connectivity index (χ2v) is 7.19. The standard InChI is InChI=1S/C22H20N2O4/c25-19-6-5-16-21(26)20(11-14-12-23-18-4-2-1-3-15(14)18)28-22(16)17(19)13-24-7-9-27-10-8-24/h1-6,11-12,23,25H,7-10,13H2. The molecular weight excluding hydrogens is 356 g/mol. The maximum absolute atomic E-state index is 12.9. The highest BCUT2D eigenvalue weighted by Gasteiger charge is 2.31. The van der Waals surface area contributed by atoms with Crippen LogP contribution in [0.3, 0.4) is 0 Å². The zero-order valence-corrected chi connectivity index (χ0v) is 15.3. The van der Waals surface area contributed by atoms with Gasteiger partial charge in [-0.15, -0.1) is 0 Å². The minimum atomic E-state index is -0.182. The zero-order valence-electron chi connectivity index (χ0n) is 15.3. The fourth-order valence-corrected chi connectivity index (χ4v) is 3.90. The Hall–Kier alpha value is -3.09. The van der Waals surface area contributed by atoms with Gasteiger partial charge in [0.1, 0.15) is 25.4 Å². The second kappa shape index (κ2) is 6.82. The number of aromatic amines is 1. The molecule has 5 rings (SSSR count). The van der Waals surface area contributed by atoms with Crippen LogP contribution in [0.2, 0.25) is 0 Å². The largest absolute Gasteiger partial charge is 0.872 e. The van der Waals surface area contributed by atoms with E-state index in [9.17, 15) is 9.90 Å². The highest BCUT2D eigenvalue weighted by molar-refractivity contribution is 6.15. The monoisotopic (exact) mass is 376 g/mol. The maximum atomic E-state index is 12.9. The van der Waals surface area contributed by atoms with Gasteiger partial charge in [-0.25, -0.2) is 0 Å². The number of hydrogen-bond acceptors (Lipinski definition) is 4. The number of morpholine rings is 1. The fourth-order valence-electron chi connectivity index (χ4n) is 3.90. The lowest BCUT2D eigenvalue weighted by Gasteiger charge is -2.26. The Morgan fingerprint density at radius 1 is 1.14 bits per heavy atom. The minimum absolute atomic E-state index is 0.0844. The first-order chi connectivity index (χ1) is 13.7. The number of allylic oxidation sites excluding steroid dienone is 1. The van der Waals surface area contributed by atoms with Gasteiger partial charge < -0.3 is 24.5 Å². The van der Waals surface area contributed by atoms with Crippen molar-refractivity contribution in [1.82, 2.24) is 4.98 Å². The van der Waals surface area contributed by atoms with E-state index in [2.05, 4.69) is 4.98 Å². The number of hydrogen-bond donors (Lipinski definition) is 2. The van der Waals surface area contributed by atoms with Crippen molar-refractivity contribution in [3.8, 4) is 11.5 Å². The Morgan fingerprint density at radius 3 is 2.82 bits per heavy atom. The fraction of sp³-hybridized carbons (Fsp3) is 0.227. The molecular formula is C22H20N2O4. The van der Waals surface area contributed by atoms with E-state index >= 15 is 0 Å². The molecule has 0 atom stereocenters. The molecule has 0 bridgehead atoms. The lowest BCUT2D eigenvalue weighted by atomic mass is 10.0. The lowest BCUT2D eigenvalue weighted by molar-refractivity contribution is -0.921.